The Kier molecular flexibility index (Phi) is 6.79. The van der Waals surface area contributed by atoms with Gasteiger partial charge >= 0.3 is 5.97 Å². The van der Waals surface area contributed by atoms with E-state index >= 15 is 0 Å². The number of rotatable bonds is 6. The number of hydrogen-bond acceptors (Lipinski definition) is 4. The number of aromatic amines is 1. The molecule has 2 aliphatic carbocycles. The van der Waals surface area contributed by atoms with Crippen LogP contribution in [0, 0.1) is 5.92 Å². The molecule has 1 heterocycles. The Morgan fingerprint density at radius 1 is 1.11 bits per heavy atom. The van der Waals surface area contributed by atoms with Crippen molar-refractivity contribution in [1.82, 2.24) is 9.97 Å². The van der Waals surface area contributed by atoms with Crippen LogP contribution in [-0.2, 0) is 14.6 Å². The van der Waals surface area contributed by atoms with Gasteiger partial charge in [-0.15, -0.1) is 11.6 Å². The molecule has 0 bridgehead atoms. The predicted octanol–water partition coefficient (Wildman–Crippen LogP) is 6.06. The molecule has 36 heavy (non-hydrogen) atoms. The monoisotopic (exact) mass is 524 g/mol. The zero-order valence-corrected chi connectivity index (χ0v) is 21.6. The maximum absolute atomic E-state index is 11.9. The molecular formula is C28H29ClN2O4S. The van der Waals surface area contributed by atoms with Gasteiger partial charge in [-0.25, -0.2) is 13.4 Å². The molecule has 1 fully saturated rings. The van der Waals surface area contributed by atoms with Crippen LogP contribution in [0.1, 0.15) is 60.9 Å². The van der Waals surface area contributed by atoms with Crippen LogP contribution in [0.3, 0.4) is 0 Å². The summed E-state index contributed by atoms with van der Waals surface area (Å²) < 4.78 is 23.7. The van der Waals surface area contributed by atoms with Gasteiger partial charge in [-0.1, -0.05) is 42.5 Å². The molecule has 0 spiro atoms. The third kappa shape index (κ3) is 5.27. The van der Waals surface area contributed by atoms with E-state index in [9.17, 15) is 13.2 Å². The summed E-state index contributed by atoms with van der Waals surface area (Å²) in [7, 11) is -3.29. The first kappa shape index (κ1) is 24.8. The Morgan fingerprint density at radius 2 is 1.83 bits per heavy atom. The summed E-state index contributed by atoms with van der Waals surface area (Å²) in [4.78, 5) is 19.1. The molecule has 188 valence electrons. The molecule has 1 aromatic heterocycles. The van der Waals surface area contributed by atoms with Crippen LogP contribution < -0.4 is 0 Å². The number of imidazole rings is 1. The standard InChI is InChI=1S/C28H29ClN2O4S/c1-36(34,35)22-11-13-25-26(16-22)31-28(30-25)23-12-10-21(15-24(23)29)20-8-6-19(7-9-20)18-4-2-17(3-5-18)14-27(32)33/h6-13,15-18,23-24H,2-5,14H2,1H3,(H,30,31)(H,32,33). The number of H-pyrrole nitrogens is 1. The van der Waals surface area contributed by atoms with E-state index < -0.39 is 15.8 Å². The summed E-state index contributed by atoms with van der Waals surface area (Å²) in [5.74, 6) is 0.651. The largest absolute Gasteiger partial charge is 0.481 e. The number of carboxylic acid groups (broad SMARTS) is 1. The number of hydrogen-bond donors (Lipinski definition) is 2. The third-order valence-electron chi connectivity index (χ3n) is 7.41. The smallest absolute Gasteiger partial charge is 0.303 e. The van der Waals surface area contributed by atoms with Crippen molar-refractivity contribution in [3.63, 3.8) is 0 Å². The number of carboxylic acids is 1. The molecule has 0 radical (unpaired) electrons. The first-order chi connectivity index (χ1) is 17.2. The van der Waals surface area contributed by atoms with Crippen LogP contribution in [0.5, 0.6) is 0 Å². The second kappa shape index (κ2) is 9.87. The molecule has 6 nitrogen and oxygen atoms in total. The highest BCUT2D eigenvalue weighted by Gasteiger charge is 2.26. The Balaban J connectivity index is 1.27. The van der Waals surface area contributed by atoms with Gasteiger partial charge in [0.2, 0.25) is 0 Å². The number of allylic oxidation sites excluding steroid dienone is 4. The Morgan fingerprint density at radius 3 is 2.47 bits per heavy atom. The van der Waals surface area contributed by atoms with Crippen molar-refractivity contribution in [2.75, 3.05) is 6.26 Å². The SMILES string of the molecule is CS(=O)(=O)c1ccc2nc(C3C=CC(c4ccc(C5CCC(CC(=O)O)CC5)cc4)=CC3Cl)[nH]c2c1. The highest BCUT2D eigenvalue weighted by Crippen LogP contribution is 2.38. The van der Waals surface area contributed by atoms with Gasteiger partial charge in [-0.05, 0) is 72.4 Å². The van der Waals surface area contributed by atoms with Gasteiger partial charge < -0.3 is 10.1 Å². The van der Waals surface area contributed by atoms with E-state index in [2.05, 4.69) is 40.3 Å². The average molecular weight is 525 g/mol. The van der Waals surface area contributed by atoms with Crippen LogP contribution in [0.4, 0.5) is 0 Å². The van der Waals surface area contributed by atoms with Gasteiger partial charge in [0.1, 0.15) is 5.82 Å². The topological polar surface area (TPSA) is 100 Å². The summed E-state index contributed by atoms with van der Waals surface area (Å²) in [5.41, 5.74) is 4.84. The maximum Gasteiger partial charge on any atom is 0.303 e. The fourth-order valence-corrected chi connectivity index (χ4v) is 6.36. The molecular weight excluding hydrogens is 496 g/mol. The Labute approximate surface area is 216 Å². The fraction of sp³-hybridized carbons (Fsp3) is 0.357. The van der Waals surface area contributed by atoms with Gasteiger partial charge in [0.25, 0.3) is 0 Å². The van der Waals surface area contributed by atoms with Crippen LogP contribution in [0.2, 0.25) is 0 Å². The summed E-state index contributed by atoms with van der Waals surface area (Å²) in [5, 5.41) is 8.73. The minimum absolute atomic E-state index is 0.148. The number of halogens is 1. The zero-order chi connectivity index (χ0) is 25.4. The number of aromatic nitrogens is 2. The van der Waals surface area contributed by atoms with Crippen LogP contribution in [-0.4, -0.2) is 41.1 Å². The summed E-state index contributed by atoms with van der Waals surface area (Å²) in [6.07, 6.45) is 11.6. The molecule has 5 rings (SSSR count). The second-order valence-electron chi connectivity index (χ2n) is 9.96. The molecule has 1 saturated carbocycles. The van der Waals surface area contributed by atoms with Gasteiger partial charge in [-0.3, -0.25) is 4.79 Å². The van der Waals surface area contributed by atoms with E-state index in [0.717, 1.165) is 36.8 Å². The minimum Gasteiger partial charge on any atom is -0.481 e. The number of aliphatic carboxylic acids is 1. The summed E-state index contributed by atoms with van der Waals surface area (Å²) >= 11 is 6.77. The molecule has 2 aromatic carbocycles. The van der Waals surface area contributed by atoms with Crippen molar-refractivity contribution in [2.24, 2.45) is 5.92 Å². The Bertz CT molecular complexity index is 1450. The van der Waals surface area contributed by atoms with Gasteiger partial charge in [0.15, 0.2) is 9.84 Å². The molecule has 0 amide bonds. The van der Waals surface area contributed by atoms with Crippen LogP contribution >= 0.6 is 11.6 Å². The minimum atomic E-state index is -3.29. The average Bonchev–Trinajstić information content (AvgIpc) is 3.27. The van der Waals surface area contributed by atoms with Crippen molar-refractivity contribution >= 4 is 44.0 Å². The van der Waals surface area contributed by atoms with E-state index in [0.29, 0.717) is 28.7 Å². The molecule has 2 unspecified atom stereocenters. The van der Waals surface area contributed by atoms with Crippen molar-refractivity contribution in [2.45, 2.75) is 54.2 Å². The van der Waals surface area contributed by atoms with Crippen LogP contribution in [0.15, 0.2) is 65.6 Å². The van der Waals surface area contributed by atoms with E-state index in [1.807, 2.05) is 12.2 Å². The van der Waals surface area contributed by atoms with E-state index in [1.54, 1.807) is 18.2 Å². The maximum atomic E-state index is 11.9. The lowest BCUT2D eigenvalue weighted by Gasteiger charge is -2.28. The number of alkyl halides is 1. The molecule has 2 aliphatic rings. The molecule has 8 heteroatoms. The quantitative estimate of drug-likeness (QED) is 0.382. The van der Waals surface area contributed by atoms with Crippen molar-refractivity contribution in [3.05, 3.63) is 77.6 Å². The van der Waals surface area contributed by atoms with Crippen molar-refractivity contribution < 1.29 is 18.3 Å². The van der Waals surface area contributed by atoms with Gasteiger partial charge in [0, 0.05) is 12.7 Å². The van der Waals surface area contributed by atoms with Crippen molar-refractivity contribution in [3.8, 4) is 0 Å². The molecule has 2 N–H and O–H groups in total. The van der Waals surface area contributed by atoms with Gasteiger partial charge in [-0.2, -0.15) is 0 Å². The van der Waals surface area contributed by atoms with E-state index in [-0.39, 0.29) is 22.6 Å². The molecule has 0 aliphatic heterocycles. The molecule has 3 aromatic rings. The van der Waals surface area contributed by atoms with Gasteiger partial charge in [0.05, 0.1) is 27.2 Å². The second-order valence-corrected chi connectivity index (χ2v) is 12.5. The zero-order valence-electron chi connectivity index (χ0n) is 20.0. The molecule has 0 saturated heterocycles. The first-order valence-electron chi connectivity index (χ1n) is 12.2. The number of sulfone groups is 1. The lowest BCUT2D eigenvalue weighted by Crippen LogP contribution is -2.16. The van der Waals surface area contributed by atoms with E-state index in [1.165, 1.54) is 11.8 Å². The Hall–Kier alpha value is -2.90. The normalized spacial score (nSPS) is 24.6. The summed E-state index contributed by atoms with van der Waals surface area (Å²) in [6, 6.07) is 13.5. The van der Waals surface area contributed by atoms with Crippen LogP contribution in [0.25, 0.3) is 16.6 Å². The summed E-state index contributed by atoms with van der Waals surface area (Å²) in [6.45, 7) is 0. The highest BCUT2D eigenvalue weighted by molar-refractivity contribution is 7.90. The third-order valence-corrected chi connectivity index (χ3v) is 8.91. The molecule has 2 atom stereocenters. The lowest BCUT2D eigenvalue weighted by molar-refractivity contribution is -0.138. The lowest BCUT2D eigenvalue weighted by atomic mass is 9.77. The predicted molar refractivity (Wildman–Crippen MR) is 142 cm³/mol. The first-order valence-corrected chi connectivity index (χ1v) is 14.6. The number of benzene rings is 2. The van der Waals surface area contributed by atoms with E-state index in [4.69, 9.17) is 16.7 Å². The fourth-order valence-electron chi connectivity index (χ4n) is 5.37. The highest BCUT2D eigenvalue weighted by atomic mass is 35.5. The number of fused-ring (bicyclic) bond motifs is 1. The van der Waals surface area contributed by atoms with Crippen molar-refractivity contribution in [1.29, 1.82) is 0 Å². The number of nitrogens with zero attached hydrogens (tertiary/aromatic N) is 1. The number of nitrogens with one attached hydrogen (secondary N) is 1. The number of carbonyl (C=O) groups is 1.